The predicted octanol–water partition coefficient (Wildman–Crippen LogP) is 6.25. The summed E-state index contributed by atoms with van der Waals surface area (Å²) in [7, 11) is 0. The molecular weight excluding hydrogens is 502 g/mol. The number of benzene rings is 3. The van der Waals surface area contributed by atoms with Gasteiger partial charge in [-0.05, 0) is 54.5 Å². The Bertz CT molecular complexity index is 1370. The quantitative estimate of drug-likeness (QED) is 0.176. The Balaban J connectivity index is 1.43. The molecule has 37 heavy (non-hydrogen) atoms. The third-order valence-electron chi connectivity index (χ3n) is 5.41. The van der Waals surface area contributed by atoms with Gasteiger partial charge in [0.2, 0.25) is 0 Å². The first kappa shape index (κ1) is 26.1. The van der Waals surface area contributed by atoms with Crippen LogP contribution in [0.4, 0.5) is 10.7 Å². The van der Waals surface area contributed by atoms with Gasteiger partial charge >= 0.3 is 5.97 Å². The summed E-state index contributed by atoms with van der Waals surface area (Å²) in [5.74, 6) is -0.583. The van der Waals surface area contributed by atoms with Gasteiger partial charge in [-0.3, -0.25) is 4.79 Å². The summed E-state index contributed by atoms with van der Waals surface area (Å²) in [5.41, 5.74) is 3.78. The van der Waals surface area contributed by atoms with E-state index in [1.807, 2.05) is 72.8 Å². The maximum absolute atomic E-state index is 12.6. The van der Waals surface area contributed by atoms with E-state index < -0.39 is 5.97 Å². The number of thiophene rings is 1. The highest BCUT2D eigenvalue weighted by Gasteiger charge is 2.19. The van der Waals surface area contributed by atoms with Gasteiger partial charge < -0.3 is 20.7 Å². The number of nitrogens with one attached hydrogen (secondary N) is 3. The van der Waals surface area contributed by atoms with Crippen LogP contribution in [0.25, 0.3) is 0 Å². The normalized spacial score (nSPS) is 10.4. The number of hydrogen-bond donors (Lipinski definition) is 3. The van der Waals surface area contributed by atoms with E-state index in [2.05, 4.69) is 16.0 Å². The largest absolute Gasteiger partial charge is 0.462 e. The average Bonchev–Trinajstić information content (AvgIpc) is 3.30. The van der Waals surface area contributed by atoms with E-state index in [1.54, 1.807) is 25.1 Å². The standard InChI is InChI=1S/C29H27N3O3S2/c1-2-35-28(34)25-18-24(16-20-10-5-3-6-11-20)37-27(25)32-29(36)31-23-15-9-14-22(17-23)26(33)30-19-21-12-7-4-8-13-21/h3-15,17-18H,2,16,19H2,1H3,(H,30,33)(H2,31,32,36). The molecule has 3 N–H and O–H groups in total. The van der Waals surface area contributed by atoms with Crippen LogP contribution in [0.2, 0.25) is 0 Å². The minimum atomic E-state index is -0.402. The molecule has 1 aromatic heterocycles. The average molecular weight is 530 g/mol. The molecule has 1 heterocycles. The number of anilines is 2. The van der Waals surface area contributed by atoms with Gasteiger partial charge in [-0.25, -0.2) is 4.79 Å². The number of carbonyl (C=O) groups is 2. The first-order valence-electron chi connectivity index (χ1n) is 11.9. The molecule has 1 amide bonds. The van der Waals surface area contributed by atoms with Gasteiger partial charge in [-0.15, -0.1) is 11.3 Å². The highest BCUT2D eigenvalue weighted by atomic mass is 32.1. The number of hydrogen-bond acceptors (Lipinski definition) is 5. The fourth-order valence-corrected chi connectivity index (χ4v) is 5.03. The Kier molecular flexibility index (Phi) is 9.02. The van der Waals surface area contributed by atoms with E-state index in [-0.39, 0.29) is 12.5 Å². The third-order valence-corrected chi connectivity index (χ3v) is 6.66. The molecule has 0 aliphatic heterocycles. The monoisotopic (exact) mass is 529 g/mol. The van der Waals surface area contributed by atoms with Crippen LogP contribution in [-0.4, -0.2) is 23.6 Å². The molecule has 4 rings (SSSR count). The summed E-state index contributed by atoms with van der Waals surface area (Å²) >= 11 is 6.98. The van der Waals surface area contributed by atoms with Gasteiger partial charge in [-0.2, -0.15) is 0 Å². The van der Waals surface area contributed by atoms with Crippen LogP contribution in [0, 0.1) is 0 Å². The Morgan fingerprint density at radius 3 is 2.27 bits per heavy atom. The summed E-state index contributed by atoms with van der Waals surface area (Å²) in [5, 5.41) is 10.1. The zero-order valence-corrected chi connectivity index (χ0v) is 22.0. The maximum atomic E-state index is 12.6. The second-order valence-corrected chi connectivity index (χ2v) is 9.71. The lowest BCUT2D eigenvalue weighted by molar-refractivity contribution is 0.0528. The minimum absolute atomic E-state index is 0.181. The Hall–Kier alpha value is -4.01. The summed E-state index contributed by atoms with van der Waals surface area (Å²) < 4.78 is 5.25. The fourth-order valence-electron chi connectivity index (χ4n) is 3.66. The topological polar surface area (TPSA) is 79.5 Å². The molecule has 0 bridgehead atoms. The lowest BCUT2D eigenvalue weighted by atomic mass is 10.1. The van der Waals surface area contributed by atoms with Gasteiger partial charge in [-0.1, -0.05) is 66.7 Å². The van der Waals surface area contributed by atoms with Crippen molar-refractivity contribution >= 4 is 51.2 Å². The molecule has 6 nitrogen and oxygen atoms in total. The molecular formula is C29H27N3O3S2. The first-order valence-corrected chi connectivity index (χ1v) is 13.1. The van der Waals surface area contributed by atoms with E-state index in [4.69, 9.17) is 17.0 Å². The SMILES string of the molecule is CCOC(=O)c1cc(Cc2ccccc2)sc1NC(=S)Nc1cccc(C(=O)NCc2ccccc2)c1. The molecule has 0 spiro atoms. The van der Waals surface area contributed by atoms with Crippen molar-refractivity contribution in [2.75, 3.05) is 17.2 Å². The van der Waals surface area contributed by atoms with Gasteiger partial charge in [0.1, 0.15) is 5.00 Å². The van der Waals surface area contributed by atoms with Crippen LogP contribution >= 0.6 is 23.6 Å². The maximum Gasteiger partial charge on any atom is 0.341 e. The van der Waals surface area contributed by atoms with E-state index in [0.717, 1.165) is 16.0 Å². The molecule has 3 aromatic carbocycles. The second-order valence-electron chi connectivity index (χ2n) is 8.17. The fraction of sp³-hybridized carbons (Fsp3) is 0.138. The minimum Gasteiger partial charge on any atom is -0.462 e. The highest BCUT2D eigenvalue weighted by molar-refractivity contribution is 7.80. The summed E-state index contributed by atoms with van der Waals surface area (Å²) in [6.45, 7) is 2.50. The van der Waals surface area contributed by atoms with Crippen molar-refractivity contribution in [1.82, 2.24) is 5.32 Å². The Labute approximate surface area is 225 Å². The smallest absolute Gasteiger partial charge is 0.341 e. The summed E-state index contributed by atoms with van der Waals surface area (Å²) in [6.07, 6.45) is 0.694. The zero-order valence-electron chi connectivity index (χ0n) is 20.3. The van der Waals surface area contributed by atoms with Gasteiger partial charge in [0.05, 0.1) is 12.2 Å². The van der Waals surface area contributed by atoms with Gasteiger partial charge in [0.25, 0.3) is 5.91 Å². The van der Waals surface area contributed by atoms with E-state index >= 15 is 0 Å². The van der Waals surface area contributed by atoms with Crippen molar-refractivity contribution in [2.24, 2.45) is 0 Å². The van der Waals surface area contributed by atoms with Crippen LogP contribution in [0.3, 0.4) is 0 Å². The van der Waals surface area contributed by atoms with Crippen LogP contribution in [0.5, 0.6) is 0 Å². The van der Waals surface area contributed by atoms with Gasteiger partial charge in [0, 0.05) is 29.1 Å². The Morgan fingerprint density at radius 1 is 0.865 bits per heavy atom. The van der Waals surface area contributed by atoms with Gasteiger partial charge in [0.15, 0.2) is 5.11 Å². The number of rotatable bonds is 9. The number of carbonyl (C=O) groups excluding carboxylic acids is 2. The molecule has 0 atom stereocenters. The molecule has 188 valence electrons. The first-order chi connectivity index (χ1) is 18.0. The van der Waals surface area contributed by atoms with Crippen LogP contribution in [0.15, 0.2) is 91.0 Å². The Morgan fingerprint density at radius 2 is 1.57 bits per heavy atom. The van der Waals surface area contributed by atoms with Crippen molar-refractivity contribution < 1.29 is 14.3 Å². The summed E-state index contributed by atoms with van der Waals surface area (Å²) in [6, 6.07) is 28.7. The molecule has 0 radical (unpaired) electrons. The lowest BCUT2D eigenvalue weighted by Gasteiger charge is -2.12. The van der Waals surface area contributed by atoms with Crippen molar-refractivity contribution in [2.45, 2.75) is 19.9 Å². The number of amides is 1. The van der Waals surface area contributed by atoms with Crippen molar-refractivity contribution in [3.8, 4) is 0 Å². The molecule has 0 aliphatic carbocycles. The summed E-state index contributed by atoms with van der Waals surface area (Å²) in [4.78, 5) is 26.2. The van der Waals surface area contributed by atoms with E-state index in [1.165, 1.54) is 11.3 Å². The molecule has 0 saturated carbocycles. The van der Waals surface area contributed by atoms with Crippen LogP contribution in [0.1, 0.15) is 43.6 Å². The van der Waals surface area contributed by atoms with E-state index in [0.29, 0.717) is 39.9 Å². The molecule has 0 fully saturated rings. The van der Waals surface area contributed by atoms with E-state index in [9.17, 15) is 9.59 Å². The highest BCUT2D eigenvalue weighted by Crippen LogP contribution is 2.31. The van der Waals surface area contributed by atoms with Crippen LogP contribution in [-0.2, 0) is 17.7 Å². The van der Waals surface area contributed by atoms with Crippen molar-refractivity contribution in [3.05, 3.63) is 118 Å². The molecule has 0 unspecified atom stereocenters. The predicted molar refractivity (Wildman–Crippen MR) is 153 cm³/mol. The number of thiocarbonyl (C=S) groups is 1. The molecule has 0 aliphatic rings. The molecule has 4 aromatic rings. The number of esters is 1. The lowest BCUT2D eigenvalue weighted by Crippen LogP contribution is -2.23. The molecule has 0 saturated heterocycles. The number of ether oxygens (including phenoxy) is 1. The second kappa shape index (κ2) is 12.8. The van der Waals surface area contributed by atoms with Crippen LogP contribution < -0.4 is 16.0 Å². The third kappa shape index (κ3) is 7.49. The van der Waals surface area contributed by atoms with Crippen molar-refractivity contribution in [1.29, 1.82) is 0 Å². The zero-order chi connectivity index (χ0) is 26.0. The molecule has 8 heteroatoms. The van der Waals surface area contributed by atoms with Crippen molar-refractivity contribution in [3.63, 3.8) is 0 Å².